The number of nitrogens with two attached hydrogens (primary N) is 1. The molecule has 0 spiro atoms. The van der Waals surface area contributed by atoms with E-state index in [1.807, 2.05) is 18.2 Å². The summed E-state index contributed by atoms with van der Waals surface area (Å²) in [5, 5.41) is 1.45. The van der Waals surface area contributed by atoms with Gasteiger partial charge in [0.25, 0.3) is 0 Å². The molecule has 1 nitrogen and oxygen atoms in total. The molecule has 0 aliphatic rings. The Morgan fingerprint density at radius 3 is 2.32 bits per heavy atom. The summed E-state index contributed by atoms with van der Waals surface area (Å²) >= 11 is 12.4. The molecule has 0 saturated carbocycles. The molecule has 0 saturated heterocycles. The molecule has 0 heterocycles. The maximum atomic E-state index is 6.27. The minimum atomic E-state index is 0.138. The van der Waals surface area contributed by atoms with Crippen LogP contribution in [0, 0.1) is 5.92 Å². The first kappa shape index (κ1) is 16.8. The summed E-state index contributed by atoms with van der Waals surface area (Å²) < 4.78 is 0. The topological polar surface area (TPSA) is 26.0 Å². The first-order chi connectivity index (χ1) is 9.08. The second-order valence-corrected chi connectivity index (χ2v) is 6.13. The molecule has 2 atom stereocenters. The van der Waals surface area contributed by atoms with Crippen LogP contribution in [-0.2, 0) is 6.42 Å². The molecule has 0 aliphatic carbocycles. The lowest BCUT2D eigenvalue weighted by Gasteiger charge is -2.20. The average molecular weight is 302 g/mol. The van der Waals surface area contributed by atoms with E-state index in [-0.39, 0.29) is 6.04 Å². The fourth-order valence-corrected chi connectivity index (χ4v) is 3.03. The van der Waals surface area contributed by atoms with Crippen LogP contribution in [0.4, 0.5) is 0 Å². The molecule has 3 heteroatoms. The van der Waals surface area contributed by atoms with Crippen LogP contribution in [0.15, 0.2) is 18.2 Å². The summed E-state index contributed by atoms with van der Waals surface area (Å²) in [5.74, 6) is 0.719. The molecule has 0 amide bonds. The highest BCUT2D eigenvalue weighted by molar-refractivity contribution is 6.35. The van der Waals surface area contributed by atoms with Crippen molar-refractivity contribution in [3.05, 3.63) is 33.8 Å². The minimum absolute atomic E-state index is 0.138. The van der Waals surface area contributed by atoms with Crippen molar-refractivity contribution < 1.29 is 0 Å². The molecule has 0 fully saturated rings. The van der Waals surface area contributed by atoms with Gasteiger partial charge in [0.05, 0.1) is 0 Å². The van der Waals surface area contributed by atoms with Crippen LogP contribution >= 0.6 is 23.2 Å². The van der Waals surface area contributed by atoms with Gasteiger partial charge in [-0.2, -0.15) is 0 Å². The molecular weight excluding hydrogens is 277 g/mol. The van der Waals surface area contributed by atoms with Gasteiger partial charge in [-0.25, -0.2) is 0 Å². The smallest absolute Gasteiger partial charge is 0.0453 e. The standard InChI is InChI=1S/C16H25Cl2N/c1-3-5-7-12(4-2)10-13(19)11-14-15(17)8-6-9-16(14)18/h6,8-9,12-13H,3-5,7,10-11,19H2,1-2H3. The van der Waals surface area contributed by atoms with E-state index in [1.165, 1.54) is 25.7 Å². The largest absolute Gasteiger partial charge is 0.327 e. The van der Waals surface area contributed by atoms with E-state index >= 15 is 0 Å². The lowest BCUT2D eigenvalue weighted by molar-refractivity contribution is 0.383. The summed E-state index contributed by atoms with van der Waals surface area (Å²) in [6.07, 6.45) is 6.83. The molecule has 2 unspecified atom stereocenters. The van der Waals surface area contributed by atoms with E-state index in [0.29, 0.717) is 0 Å². The molecule has 108 valence electrons. The van der Waals surface area contributed by atoms with Gasteiger partial charge in [-0.1, -0.05) is 68.8 Å². The molecule has 1 rings (SSSR count). The van der Waals surface area contributed by atoms with Crippen LogP contribution < -0.4 is 5.73 Å². The Hall–Kier alpha value is -0.240. The van der Waals surface area contributed by atoms with Crippen molar-refractivity contribution in [2.75, 3.05) is 0 Å². The predicted octanol–water partition coefficient (Wildman–Crippen LogP) is 5.47. The second kappa shape index (κ2) is 8.84. The van der Waals surface area contributed by atoms with Gasteiger partial charge in [0.1, 0.15) is 0 Å². The van der Waals surface area contributed by atoms with E-state index < -0.39 is 0 Å². The molecule has 2 N–H and O–H groups in total. The lowest BCUT2D eigenvalue weighted by Crippen LogP contribution is -2.26. The third kappa shape index (κ3) is 5.72. The number of unbranched alkanes of at least 4 members (excludes halogenated alkanes) is 1. The monoisotopic (exact) mass is 301 g/mol. The Labute approximate surface area is 127 Å². The zero-order valence-corrected chi connectivity index (χ0v) is 13.5. The summed E-state index contributed by atoms with van der Waals surface area (Å²) in [5.41, 5.74) is 7.26. The molecule has 0 bridgehead atoms. The van der Waals surface area contributed by atoms with Crippen molar-refractivity contribution in [3.8, 4) is 0 Å². The number of hydrogen-bond acceptors (Lipinski definition) is 1. The Morgan fingerprint density at radius 1 is 1.16 bits per heavy atom. The van der Waals surface area contributed by atoms with Gasteiger partial charge in [0, 0.05) is 16.1 Å². The number of benzene rings is 1. The molecule has 0 aliphatic heterocycles. The van der Waals surface area contributed by atoms with Crippen molar-refractivity contribution >= 4 is 23.2 Å². The quantitative estimate of drug-likeness (QED) is 0.677. The van der Waals surface area contributed by atoms with Crippen LogP contribution in [0.1, 0.15) is 51.5 Å². The van der Waals surface area contributed by atoms with E-state index in [4.69, 9.17) is 28.9 Å². The van der Waals surface area contributed by atoms with Crippen molar-refractivity contribution in [1.29, 1.82) is 0 Å². The first-order valence-electron chi connectivity index (χ1n) is 7.26. The summed E-state index contributed by atoms with van der Waals surface area (Å²) in [6.45, 7) is 4.48. The number of halogens is 2. The van der Waals surface area contributed by atoms with Crippen molar-refractivity contribution in [1.82, 2.24) is 0 Å². The van der Waals surface area contributed by atoms with Gasteiger partial charge >= 0.3 is 0 Å². The Morgan fingerprint density at radius 2 is 1.79 bits per heavy atom. The first-order valence-corrected chi connectivity index (χ1v) is 8.02. The second-order valence-electron chi connectivity index (χ2n) is 5.32. The van der Waals surface area contributed by atoms with E-state index in [2.05, 4.69) is 13.8 Å². The van der Waals surface area contributed by atoms with E-state index in [0.717, 1.165) is 34.4 Å². The van der Waals surface area contributed by atoms with Gasteiger partial charge < -0.3 is 5.73 Å². The Balaban J connectivity index is 2.56. The highest BCUT2D eigenvalue weighted by atomic mass is 35.5. The van der Waals surface area contributed by atoms with Crippen molar-refractivity contribution in [2.45, 2.75) is 58.4 Å². The molecule has 0 radical (unpaired) electrons. The van der Waals surface area contributed by atoms with E-state index in [9.17, 15) is 0 Å². The fraction of sp³-hybridized carbons (Fsp3) is 0.625. The Kier molecular flexibility index (Phi) is 7.82. The van der Waals surface area contributed by atoms with Crippen LogP contribution in [0.2, 0.25) is 10.0 Å². The molecule has 0 aromatic heterocycles. The molecule has 19 heavy (non-hydrogen) atoms. The van der Waals surface area contributed by atoms with Gasteiger partial charge in [0.15, 0.2) is 0 Å². The normalized spacial score (nSPS) is 14.4. The highest BCUT2D eigenvalue weighted by Crippen LogP contribution is 2.27. The Bertz CT molecular complexity index is 359. The van der Waals surface area contributed by atoms with Gasteiger partial charge in [0.2, 0.25) is 0 Å². The number of rotatable bonds is 8. The van der Waals surface area contributed by atoms with Gasteiger partial charge in [-0.3, -0.25) is 0 Å². The average Bonchev–Trinajstić information content (AvgIpc) is 2.39. The van der Waals surface area contributed by atoms with Gasteiger partial charge in [-0.15, -0.1) is 0 Å². The summed E-state index contributed by atoms with van der Waals surface area (Å²) in [4.78, 5) is 0. The van der Waals surface area contributed by atoms with Crippen molar-refractivity contribution in [2.24, 2.45) is 11.7 Å². The van der Waals surface area contributed by atoms with Crippen LogP contribution in [0.3, 0.4) is 0 Å². The summed E-state index contributed by atoms with van der Waals surface area (Å²) in [6, 6.07) is 5.77. The highest BCUT2D eigenvalue weighted by Gasteiger charge is 2.15. The molecular formula is C16H25Cl2N. The third-order valence-electron chi connectivity index (χ3n) is 3.71. The third-order valence-corrected chi connectivity index (χ3v) is 4.42. The van der Waals surface area contributed by atoms with Gasteiger partial charge in [-0.05, 0) is 36.5 Å². The maximum Gasteiger partial charge on any atom is 0.0453 e. The molecule has 1 aromatic carbocycles. The van der Waals surface area contributed by atoms with Crippen molar-refractivity contribution in [3.63, 3.8) is 0 Å². The SMILES string of the molecule is CCCCC(CC)CC(N)Cc1c(Cl)cccc1Cl. The lowest BCUT2D eigenvalue weighted by atomic mass is 9.90. The zero-order valence-electron chi connectivity index (χ0n) is 12.0. The summed E-state index contributed by atoms with van der Waals surface area (Å²) in [7, 11) is 0. The van der Waals surface area contributed by atoms with Crippen LogP contribution in [-0.4, -0.2) is 6.04 Å². The fourth-order valence-electron chi connectivity index (χ4n) is 2.48. The zero-order chi connectivity index (χ0) is 14.3. The maximum absolute atomic E-state index is 6.27. The van der Waals surface area contributed by atoms with Crippen LogP contribution in [0.25, 0.3) is 0 Å². The van der Waals surface area contributed by atoms with E-state index in [1.54, 1.807) is 0 Å². The number of hydrogen-bond donors (Lipinski definition) is 1. The minimum Gasteiger partial charge on any atom is -0.327 e. The predicted molar refractivity (Wildman–Crippen MR) is 86.1 cm³/mol. The molecule has 1 aromatic rings. The van der Waals surface area contributed by atoms with Crippen LogP contribution in [0.5, 0.6) is 0 Å².